The van der Waals surface area contributed by atoms with Crippen LogP contribution in [-0.4, -0.2) is 23.9 Å². The first-order chi connectivity index (χ1) is 14.8. The van der Waals surface area contributed by atoms with E-state index in [4.69, 9.17) is 11.6 Å². The van der Waals surface area contributed by atoms with Gasteiger partial charge in [-0.3, -0.25) is 9.59 Å². The van der Waals surface area contributed by atoms with E-state index >= 15 is 0 Å². The van der Waals surface area contributed by atoms with Crippen LogP contribution >= 0.6 is 11.6 Å². The fraction of sp³-hybridized carbons (Fsp3) is 0.417. The molecule has 1 N–H and O–H groups in total. The molecule has 0 radical (unpaired) electrons. The number of nitrogens with zero attached hydrogens (tertiary/aromatic N) is 1. The average molecular weight is 445 g/mol. The van der Waals surface area contributed by atoms with Gasteiger partial charge in [0.15, 0.2) is 0 Å². The van der Waals surface area contributed by atoms with Crippen LogP contribution < -0.4 is 10.2 Å². The number of amides is 2. The molecule has 2 aliphatic carbocycles. The van der Waals surface area contributed by atoms with Gasteiger partial charge in [-0.15, -0.1) is 0 Å². The maximum atomic E-state index is 14.5. The summed E-state index contributed by atoms with van der Waals surface area (Å²) in [6.07, 6.45) is 2.18. The molecule has 0 aromatic heterocycles. The minimum atomic E-state index is -3.46. The number of carbonyl (C=O) groups is 2. The molecule has 31 heavy (non-hydrogen) atoms. The molecule has 2 aromatic rings. The van der Waals surface area contributed by atoms with Crippen molar-refractivity contribution in [2.75, 3.05) is 4.90 Å². The van der Waals surface area contributed by atoms with Crippen LogP contribution in [0, 0.1) is 17.8 Å². The van der Waals surface area contributed by atoms with Gasteiger partial charge >= 0.3 is 11.8 Å². The molecule has 7 heteroatoms. The highest BCUT2D eigenvalue weighted by Gasteiger charge is 2.63. The Kier molecular flexibility index (Phi) is 4.81. The molecule has 5 rings (SSSR count). The largest absolute Gasteiger partial charge is 0.352 e. The molecular weight excluding hydrogens is 422 g/mol. The maximum absolute atomic E-state index is 14.5. The van der Waals surface area contributed by atoms with E-state index in [1.807, 2.05) is 6.92 Å². The Bertz CT molecular complexity index is 1030. The summed E-state index contributed by atoms with van der Waals surface area (Å²) in [5, 5.41) is 3.71. The zero-order chi connectivity index (χ0) is 21.9. The van der Waals surface area contributed by atoms with Crippen molar-refractivity contribution in [1.82, 2.24) is 5.32 Å². The van der Waals surface area contributed by atoms with Crippen molar-refractivity contribution in [3.63, 3.8) is 0 Å². The molecular formula is C24H23ClF2N2O2. The normalized spacial score (nSPS) is 28.8. The van der Waals surface area contributed by atoms with Crippen LogP contribution in [0.3, 0.4) is 0 Å². The van der Waals surface area contributed by atoms with Gasteiger partial charge in [0.2, 0.25) is 0 Å². The van der Waals surface area contributed by atoms with Gasteiger partial charge < -0.3 is 10.2 Å². The molecule has 2 fully saturated rings. The molecule has 0 saturated heterocycles. The van der Waals surface area contributed by atoms with Gasteiger partial charge in [-0.2, -0.15) is 8.78 Å². The molecule has 0 bridgehead atoms. The second-order valence-electron chi connectivity index (χ2n) is 8.79. The minimum Gasteiger partial charge on any atom is -0.349 e. The Hall–Kier alpha value is -2.47. The third-order valence-corrected chi connectivity index (χ3v) is 7.42. The van der Waals surface area contributed by atoms with Crippen molar-refractivity contribution in [1.29, 1.82) is 0 Å². The predicted octanol–water partition coefficient (Wildman–Crippen LogP) is 5.01. The molecule has 3 atom stereocenters. The molecule has 1 heterocycles. The predicted molar refractivity (Wildman–Crippen MR) is 114 cm³/mol. The Balaban J connectivity index is 1.26. The van der Waals surface area contributed by atoms with Gasteiger partial charge in [-0.05, 0) is 67.3 Å². The Morgan fingerprint density at radius 1 is 1.16 bits per heavy atom. The molecule has 162 valence electrons. The van der Waals surface area contributed by atoms with Gasteiger partial charge in [-0.25, -0.2) is 0 Å². The van der Waals surface area contributed by atoms with Gasteiger partial charge in [0.25, 0.3) is 5.91 Å². The number of para-hydroxylation sites is 1. The van der Waals surface area contributed by atoms with Crippen LogP contribution in [-0.2, 0) is 10.7 Å². The number of anilines is 1. The van der Waals surface area contributed by atoms with Crippen LogP contribution in [0.5, 0.6) is 0 Å². The molecule has 2 amide bonds. The number of fused-ring (bicyclic) bond motifs is 2. The number of halogens is 3. The lowest BCUT2D eigenvalue weighted by molar-refractivity contribution is -0.142. The Labute approximate surface area is 184 Å². The van der Waals surface area contributed by atoms with E-state index in [0.29, 0.717) is 46.9 Å². The van der Waals surface area contributed by atoms with Crippen molar-refractivity contribution in [2.24, 2.45) is 17.8 Å². The van der Waals surface area contributed by atoms with Gasteiger partial charge in [-0.1, -0.05) is 36.7 Å². The van der Waals surface area contributed by atoms with Gasteiger partial charge in [0.05, 0.1) is 11.3 Å². The Morgan fingerprint density at radius 3 is 2.45 bits per heavy atom. The lowest BCUT2D eigenvalue weighted by Crippen LogP contribution is -2.43. The smallest absolute Gasteiger partial charge is 0.349 e. The number of rotatable bonds is 5. The molecule has 2 saturated carbocycles. The first-order valence-electron chi connectivity index (χ1n) is 10.7. The number of benzene rings is 2. The summed E-state index contributed by atoms with van der Waals surface area (Å²) in [4.78, 5) is 26.4. The van der Waals surface area contributed by atoms with Crippen LogP contribution in [0.1, 0.15) is 42.1 Å². The van der Waals surface area contributed by atoms with Crippen LogP contribution in [0.15, 0.2) is 48.5 Å². The monoisotopic (exact) mass is 444 g/mol. The van der Waals surface area contributed by atoms with E-state index in [1.54, 1.807) is 42.5 Å². The van der Waals surface area contributed by atoms with E-state index in [0.717, 1.165) is 6.42 Å². The second kappa shape index (κ2) is 7.30. The highest BCUT2D eigenvalue weighted by atomic mass is 35.5. The molecule has 2 aromatic carbocycles. The topological polar surface area (TPSA) is 49.4 Å². The summed E-state index contributed by atoms with van der Waals surface area (Å²) in [5.74, 6) is -3.69. The fourth-order valence-corrected chi connectivity index (χ4v) is 5.81. The highest BCUT2D eigenvalue weighted by molar-refractivity contribution is 6.30. The third-order valence-electron chi connectivity index (χ3n) is 7.17. The van der Waals surface area contributed by atoms with Gasteiger partial charge in [0.1, 0.15) is 0 Å². The lowest BCUT2D eigenvalue weighted by atomic mass is 9.98. The zero-order valence-electron chi connectivity index (χ0n) is 17.0. The molecule has 3 aliphatic rings. The maximum Gasteiger partial charge on any atom is 0.352 e. The summed E-state index contributed by atoms with van der Waals surface area (Å²) in [6.45, 7) is 2.04. The van der Waals surface area contributed by atoms with Crippen molar-refractivity contribution in [3.8, 4) is 0 Å². The fourth-order valence-electron chi connectivity index (χ4n) is 5.68. The molecule has 4 nitrogen and oxygen atoms in total. The number of carbonyl (C=O) groups excluding carboxylic acids is 2. The van der Waals surface area contributed by atoms with Crippen LogP contribution in [0.25, 0.3) is 0 Å². The number of nitrogens with one attached hydrogen (secondary N) is 1. The summed E-state index contributed by atoms with van der Waals surface area (Å²) in [6, 6.07) is 12.8. The molecule has 3 unspecified atom stereocenters. The van der Waals surface area contributed by atoms with Crippen molar-refractivity contribution in [2.45, 2.75) is 44.2 Å². The van der Waals surface area contributed by atoms with Gasteiger partial charge in [0, 0.05) is 22.7 Å². The van der Waals surface area contributed by atoms with Crippen molar-refractivity contribution >= 4 is 29.1 Å². The Morgan fingerprint density at radius 2 is 1.81 bits per heavy atom. The van der Waals surface area contributed by atoms with E-state index in [1.165, 1.54) is 11.0 Å². The SMILES string of the molecule is CCC(NC(=O)c1ccc(Cl)cc1)C1C2CC(N3C(=O)C(F)(F)c4ccccc43)CC21. The standard InChI is InChI=1S/C24H23ClF2N2O2/c1-2-19(28-22(30)13-7-9-14(25)10-8-13)21-16-11-15(12-17(16)21)29-20-6-4-3-5-18(20)24(26,27)23(29)31/h3-10,15-17,19,21H,2,11-12H2,1H3,(H,28,30). The second-order valence-corrected chi connectivity index (χ2v) is 9.23. The number of hydrogen-bond donors (Lipinski definition) is 1. The first kappa shape index (κ1) is 20.4. The van der Waals surface area contributed by atoms with Crippen molar-refractivity contribution < 1.29 is 18.4 Å². The summed E-state index contributed by atoms with van der Waals surface area (Å²) < 4.78 is 29.0. The molecule has 0 spiro atoms. The third kappa shape index (κ3) is 3.23. The number of hydrogen-bond acceptors (Lipinski definition) is 2. The summed E-state index contributed by atoms with van der Waals surface area (Å²) >= 11 is 5.89. The first-order valence-corrected chi connectivity index (χ1v) is 11.1. The van der Waals surface area contributed by atoms with E-state index < -0.39 is 11.8 Å². The quantitative estimate of drug-likeness (QED) is 0.704. The molecule has 1 aliphatic heterocycles. The highest BCUT2D eigenvalue weighted by Crippen LogP contribution is 2.61. The van der Waals surface area contributed by atoms with Crippen LogP contribution in [0.4, 0.5) is 14.5 Å². The zero-order valence-corrected chi connectivity index (χ0v) is 17.8. The summed E-state index contributed by atoms with van der Waals surface area (Å²) in [5.41, 5.74) is 0.704. The minimum absolute atomic E-state index is 0.0298. The lowest BCUT2D eigenvalue weighted by Gasteiger charge is -2.28. The average Bonchev–Trinajstić information content (AvgIpc) is 3.16. The van der Waals surface area contributed by atoms with E-state index in [2.05, 4.69) is 5.32 Å². The van der Waals surface area contributed by atoms with Crippen molar-refractivity contribution in [3.05, 3.63) is 64.7 Å². The van der Waals surface area contributed by atoms with Crippen LogP contribution in [0.2, 0.25) is 5.02 Å². The van der Waals surface area contributed by atoms with E-state index in [-0.39, 0.29) is 23.6 Å². The summed E-state index contributed by atoms with van der Waals surface area (Å²) in [7, 11) is 0. The number of alkyl halides is 2. The van der Waals surface area contributed by atoms with E-state index in [9.17, 15) is 18.4 Å².